The summed E-state index contributed by atoms with van der Waals surface area (Å²) < 4.78 is 91.5. The first-order chi connectivity index (χ1) is 17.8. The van der Waals surface area contributed by atoms with E-state index in [1.165, 1.54) is 30.3 Å². The number of hydrogen-bond acceptors (Lipinski definition) is 7. The number of anilines is 2. The SMILES string of the molecule is NS(=O)(=O)c1ccc(CNc2nc(NC3(C(F)(F)F)CC3)c3nc(-c4ccc(F)cc4)ccc3n2)cc1F. The molecule has 4 N–H and O–H groups in total. The highest BCUT2D eigenvalue weighted by Crippen LogP contribution is 2.51. The second-order valence-electron chi connectivity index (χ2n) is 8.84. The smallest absolute Gasteiger partial charge is 0.354 e. The Bertz CT molecular complexity index is 1640. The minimum absolute atomic E-state index is 0.0646. The first kappa shape index (κ1) is 25.7. The van der Waals surface area contributed by atoms with Crippen molar-refractivity contribution in [3.05, 3.63) is 71.8 Å². The first-order valence-corrected chi connectivity index (χ1v) is 12.7. The molecule has 8 nitrogen and oxygen atoms in total. The van der Waals surface area contributed by atoms with Gasteiger partial charge >= 0.3 is 6.18 Å². The largest absolute Gasteiger partial charge is 0.411 e. The summed E-state index contributed by atoms with van der Waals surface area (Å²) in [6.45, 7) is -0.0712. The van der Waals surface area contributed by atoms with Crippen molar-refractivity contribution in [1.29, 1.82) is 0 Å². The third-order valence-corrected chi connectivity index (χ3v) is 7.03. The molecule has 0 bridgehead atoms. The summed E-state index contributed by atoms with van der Waals surface area (Å²) >= 11 is 0. The minimum Gasteiger partial charge on any atom is -0.354 e. The van der Waals surface area contributed by atoms with E-state index in [1.54, 1.807) is 12.1 Å². The Morgan fingerprint density at radius 1 is 0.947 bits per heavy atom. The molecule has 2 aromatic heterocycles. The lowest BCUT2D eigenvalue weighted by Gasteiger charge is -2.22. The molecule has 1 saturated carbocycles. The van der Waals surface area contributed by atoms with Crippen LogP contribution >= 0.6 is 0 Å². The van der Waals surface area contributed by atoms with E-state index in [0.717, 1.165) is 12.1 Å². The maximum absolute atomic E-state index is 14.2. The number of pyridine rings is 1. The number of fused-ring (bicyclic) bond motifs is 1. The van der Waals surface area contributed by atoms with Crippen molar-refractivity contribution in [2.75, 3.05) is 10.6 Å². The molecule has 1 fully saturated rings. The average molecular weight is 551 g/mol. The molecule has 4 aromatic rings. The number of primary sulfonamides is 1. The van der Waals surface area contributed by atoms with Crippen molar-refractivity contribution in [2.45, 2.75) is 36.0 Å². The van der Waals surface area contributed by atoms with Crippen LogP contribution in [0.2, 0.25) is 0 Å². The highest BCUT2D eigenvalue weighted by molar-refractivity contribution is 7.89. The van der Waals surface area contributed by atoms with Gasteiger partial charge in [0, 0.05) is 12.1 Å². The van der Waals surface area contributed by atoms with Crippen molar-refractivity contribution in [2.24, 2.45) is 5.14 Å². The average Bonchev–Trinajstić information content (AvgIpc) is 3.63. The predicted molar refractivity (Wildman–Crippen MR) is 129 cm³/mol. The fourth-order valence-electron chi connectivity index (χ4n) is 3.86. The number of alkyl halides is 3. The number of benzene rings is 2. The Balaban J connectivity index is 1.50. The summed E-state index contributed by atoms with van der Waals surface area (Å²) in [5.74, 6) is -1.72. The van der Waals surface area contributed by atoms with Crippen LogP contribution < -0.4 is 15.8 Å². The van der Waals surface area contributed by atoms with Gasteiger partial charge in [-0.3, -0.25) is 0 Å². The fourth-order valence-corrected chi connectivity index (χ4v) is 4.45. The normalized spacial score (nSPS) is 14.9. The standard InChI is InChI=1S/C24H19F5N6O2S/c25-15-4-2-14(3-5-15)17-6-7-18-20(32-17)21(35-23(9-10-23)24(27,28)29)34-22(33-18)31-12-13-1-8-19(16(26)11-13)38(30,36)37/h1-8,11H,9-10,12H2,(H2,30,36,37)(H2,31,33,34,35). The third kappa shape index (κ3) is 5.09. The molecule has 0 aliphatic heterocycles. The summed E-state index contributed by atoms with van der Waals surface area (Å²) in [6, 6.07) is 11.9. The van der Waals surface area contributed by atoms with E-state index in [0.29, 0.717) is 16.8 Å². The summed E-state index contributed by atoms with van der Waals surface area (Å²) in [4.78, 5) is 12.3. The van der Waals surface area contributed by atoms with Gasteiger partial charge in [-0.1, -0.05) is 6.07 Å². The van der Waals surface area contributed by atoms with Crippen LogP contribution in [0.3, 0.4) is 0 Å². The van der Waals surface area contributed by atoms with Gasteiger partial charge in [-0.15, -0.1) is 0 Å². The maximum Gasteiger partial charge on any atom is 0.411 e. The number of hydrogen-bond donors (Lipinski definition) is 3. The molecule has 0 spiro atoms. The lowest BCUT2D eigenvalue weighted by atomic mass is 10.1. The number of halogens is 5. The van der Waals surface area contributed by atoms with E-state index in [4.69, 9.17) is 5.14 Å². The monoisotopic (exact) mass is 550 g/mol. The Labute approximate surface area is 213 Å². The quantitative estimate of drug-likeness (QED) is 0.284. The van der Waals surface area contributed by atoms with Crippen LogP contribution in [-0.4, -0.2) is 35.1 Å². The Morgan fingerprint density at radius 3 is 2.26 bits per heavy atom. The second kappa shape index (κ2) is 9.13. The highest BCUT2D eigenvalue weighted by atomic mass is 32.2. The molecule has 14 heteroatoms. The maximum atomic E-state index is 14.2. The molecule has 0 radical (unpaired) electrons. The van der Waals surface area contributed by atoms with Crippen molar-refractivity contribution >= 4 is 32.8 Å². The molecule has 2 heterocycles. The van der Waals surface area contributed by atoms with Gasteiger partial charge in [0.25, 0.3) is 0 Å². The van der Waals surface area contributed by atoms with Crippen LogP contribution in [0.15, 0.2) is 59.5 Å². The van der Waals surface area contributed by atoms with E-state index in [2.05, 4.69) is 25.6 Å². The molecule has 198 valence electrons. The van der Waals surface area contributed by atoms with Crippen LogP contribution in [0.1, 0.15) is 18.4 Å². The molecular weight excluding hydrogens is 531 g/mol. The molecule has 38 heavy (non-hydrogen) atoms. The second-order valence-corrected chi connectivity index (χ2v) is 10.4. The van der Waals surface area contributed by atoms with Crippen molar-refractivity contribution < 1.29 is 30.4 Å². The van der Waals surface area contributed by atoms with Crippen LogP contribution in [0.5, 0.6) is 0 Å². The van der Waals surface area contributed by atoms with Gasteiger partial charge in [0.15, 0.2) is 5.82 Å². The fraction of sp³-hybridized carbons (Fsp3) is 0.208. The molecule has 2 aromatic carbocycles. The number of sulfonamides is 1. The number of nitrogens with two attached hydrogens (primary N) is 1. The summed E-state index contributed by atoms with van der Waals surface area (Å²) in [7, 11) is -4.24. The molecule has 0 saturated heterocycles. The van der Waals surface area contributed by atoms with Gasteiger partial charge in [0.2, 0.25) is 16.0 Å². The lowest BCUT2D eigenvalue weighted by molar-refractivity contribution is -0.151. The van der Waals surface area contributed by atoms with Gasteiger partial charge in [-0.25, -0.2) is 32.3 Å². The summed E-state index contributed by atoms with van der Waals surface area (Å²) in [5, 5.41) is 10.3. The van der Waals surface area contributed by atoms with E-state index in [9.17, 15) is 30.4 Å². The van der Waals surface area contributed by atoms with E-state index >= 15 is 0 Å². The van der Waals surface area contributed by atoms with Gasteiger partial charge in [0.1, 0.15) is 27.6 Å². The van der Waals surface area contributed by atoms with Gasteiger partial charge in [-0.2, -0.15) is 18.2 Å². The van der Waals surface area contributed by atoms with E-state index in [1.807, 2.05) is 0 Å². The molecule has 0 amide bonds. The zero-order chi connectivity index (χ0) is 27.3. The number of aromatic nitrogens is 3. The predicted octanol–water partition coefficient (Wildman–Crippen LogP) is 4.74. The van der Waals surface area contributed by atoms with Crippen LogP contribution in [-0.2, 0) is 16.6 Å². The van der Waals surface area contributed by atoms with Gasteiger partial charge < -0.3 is 10.6 Å². The summed E-state index contributed by atoms with van der Waals surface area (Å²) in [5.41, 5.74) is -0.602. The molecule has 0 atom stereocenters. The zero-order valence-electron chi connectivity index (χ0n) is 19.4. The Kier molecular flexibility index (Phi) is 6.18. The minimum atomic E-state index is -4.53. The zero-order valence-corrected chi connectivity index (χ0v) is 20.2. The van der Waals surface area contributed by atoms with Crippen LogP contribution in [0.25, 0.3) is 22.3 Å². The lowest BCUT2D eigenvalue weighted by Crippen LogP contribution is -2.39. The molecule has 1 aliphatic carbocycles. The van der Waals surface area contributed by atoms with Crippen LogP contribution in [0, 0.1) is 11.6 Å². The Hall–Kier alpha value is -3.91. The highest BCUT2D eigenvalue weighted by Gasteiger charge is 2.64. The van der Waals surface area contributed by atoms with Crippen molar-refractivity contribution in [3.8, 4) is 11.3 Å². The van der Waals surface area contributed by atoms with Crippen LogP contribution in [0.4, 0.5) is 33.7 Å². The molecular formula is C24H19F5N6O2S. The topological polar surface area (TPSA) is 123 Å². The van der Waals surface area contributed by atoms with Crippen molar-refractivity contribution in [3.63, 3.8) is 0 Å². The van der Waals surface area contributed by atoms with E-state index < -0.39 is 38.3 Å². The van der Waals surface area contributed by atoms with E-state index in [-0.39, 0.29) is 42.2 Å². The number of nitrogens with zero attached hydrogens (tertiary/aromatic N) is 3. The van der Waals surface area contributed by atoms with Gasteiger partial charge in [-0.05, 0) is 66.9 Å². The molecule has 1 aliphatic rings. The van der Waals surface area contributed by atoms with Gasteiger partial charge in [0.05, 0.1) is 11.2 Å². The number of nitrogens with one attached hydrogen (secondary N) is 2. The molecule has 0 unspecified atom stereocenters. The number of rotatable bonds is 7. The Morgan fingerprint density at radius 2 is 1.66 bits per heavy atom. The first-order valence-electron chi connectivity index (χ1n) is 11.2. The third-order valence-electron chi connectivity index (χ3n) is 6.09. The van der Waals surface area contributed by atoms with Crippen molar-refractivity contribution in [1.82, 2.24) is 15.0 Å². The molecule has 5 rings (SSSR count). The summed E-state index contributed by atoms with van der Waals surface area (Å²) in [6.07, 6.45) is -4.81.